The molecule has 0 radical (unpaired) electrons. The van der Waals surface area contributed by atoms with E-state index < -0.39 is 0 Å². The second kappa shape index (κ2) is 7.18. The van der Waals surface area contributed by atoms with E-state index in [2.05, 4.69) is 24.1 Å². The molecule has 1 aliphatic heterocycles. The van der Waals surface area contributed by atoms with E-state index in [0.29, 0.717) is 16.9 Å². The molecule has 0 atom stereocenters. The van der Waals surface area contributed by atoms with Gasteiger partial charge in [0.05, 0.1) is 11.4 Å². The molecule has 3 N–H and O–H groups in total. The zero-order valence-corrected chi connectivity index (χ0v) is 15.3. The first-order chi connectivity index (χ1) is 11.9. The number of nitrogens with one attached hydrogen (secondary N) is 1. The van der Waals surface area contributed by atoms with E-state index in [0.717, 1.165) is 30.1 Å². The monoisotopic (exact) mass is 337 g/mol. The van der Waals surface area contributed by atoms with E-state index >= 15 is 0 Å². The maximum atomic E-state index is 12.6. The number of carbonyl (C=O) groups is 1. The fourth-order valence-corrected chi connectivity index (χ4v) is 3.40. The Morgan fingerprint density at radius 1 is 1.16 bits per heavy atom. The molecule has 4 nitrogen and oxygen atoms in total. The SMILES string of the molecule is Cc1cccc(C(=O)Nc2cc(N3CCC(C)CC3)c(C)cc2N)c1. The average molecular weight is 337 g/mol. The number of rotatable bonds is 3. The number of carbonyl (C=O) groups excluding carboxylic acids is 1. The highest BCUT2D eigenvalue weighted by Crippen LogP contribution is 2.32. The second-order valence-electron chi connectivity index (χ2n) is 7.22. The maximum Gasteiger partial charge on any atom is 0.255 e. The second-order valence-corrected chi connectivity index (χ2v) is 7.22. The van der Waals surface area contributed by atoms with Crippen molar-refractivity contribution in [2.45, 2.75) is 33.6 Å². The van der Waals surface area contributed by atoms with Crippen LogP contribution in [0.15, 0.2) is 36.4 Å². The fourth-order valence-electron chi connectivity index (χ4n) is 3.40. The average Bonchev–Trinajstić information content (AvgIpc) is 2.58. The van der Waals surface area contributed by atoms with Crippen LogP contribution in [0.25, 0.3) is 0 Å². The third-order valence-electron chi connectivity index (χ3n) is 5.02. The Bertz CT molecular complexity index is 777. The van der Waals surface area contributed by atoms with Crippen molar-refractivity contribution in [1.29, 1.82) is 0 Å². The van der Waals surface area contributed by atoms with Gasteiger partial charge in [0, 0.05) is 24.3 Å². The first-order valence-electron chi connectivity index (χ1n) is 8.97. The van der Waals surface area contributed by atoms with E-state index in [-0.39, 0.29) is 5.91 Å². The van der Waals surface area contributed by atoms with Crippen molar-refractivity contribution in [1.82, 2.24) is 0 Å². The highest BCUT2D eigenvalue weighted by molar-refractivity contribution is 6.06. The van der Waals surface area contributed by atoms with Crippen LogP contribution < -0.4 is 16.0 Å². The lowest BCUT2D eigenvalue weighted by molar-refractivity contribution is 0.102. The first-order valence-corrected chi connectivity index (χ1v) is 8.97. The van der Waals surface area contributed by atoms with Crippen molar-refractivity contribution in [3.8, 4) is 0 Å². The van der Waals surface area contributed by atoms with Gasteiger partial charge in [-0.25, -0.2) is 0 Å². The van der Waals surface area contributed by atoms with Crippen LogP contribution in [-0.4, -0.2) is 19.0 Å². The summed E-state index contributed by atoms with van der Waals surface area (Å²) >= 11 is 0. The van der Waals surface area contributed by atoms with E-state index in [9.17, 15) is 4.79 Å². The molecule has 0 spiro atoms. The zero-order chi connectivity index (χ0) is 18.0. The number of nitrogen functional groups attached to an aromatic ring is 1. The number of hydrogen-bond acceptors (Lipinski definition) is 3. The van der Waals surface area contributed by atoms with Crippen molar-refractivity contribution in [2.75, 3.05) is 29.0 Å². The summed E-state index contributed by atoms with van der Waals surface area (Å²) in [7, 11) is 0. The van der Waals surface area contributed by atoms with Gasteiger partial charge < -0.3 is 16.0 Å². The summed E-state index contributed by atoms with van der Waals surface area (Å²) in [4.78, 5) is 15.0. The molecule has 0 aromatic heterocycles. The van der Waals surface area contributed by atoms with Crippen molar-refractivity contribution in [2.24, 2.45) is 5.92 Å². The smallest absolute Gasteiger partial charge is 0.255 e. The normalized spacial score (nSPS) is 15.2. The van der Waals surface area contributed by atoms with Gasteiger partial charge in [-0.15, -0.1) is 0 Å². The molecule has 0 bridgehead atoms. The Kier molecular flexibility index (Phi) is 4.98. The van der Waals surface area contributed by atoms with Crippen molar-refractivity contribution >= 4 is 23.0 Å². The van der Waals surface area contributed by atoms with Gasteiger partial charge in [-0.1, -0.05) is 24.6 Å². The zero-order valence-electron chi connectivity index (χ0n) is 15.3. The van der Waals surface area contributed by atoms with Crippen molar-refractivity contribution in [3.05, 3.63) is 53.1 Å². The van der Waals surface area contributed by atoms with Gasteiger partial charge in [-0.3, -0.25) is 4.79 Å². The van der Waals surface area contributed by atoms with Crippen LogP contribution in [0, 0.1) is 19.8 Å². The van der Waals surface area contributed by atoms with Crippen LogP contribution in [0.3, 0.4) is 0 Å². The highest BCUT2D eigenvalue weighted by atomic mass is 16.1. The van der Waals surface area contributed by atoms with Gasteiger partial charge in [-0.05, 0) is 62.4 Å². The molecule has 1 heterocycles. The molecule has 0 unspecified atom stereocenters. The molecule has 1 fully saturated rings. The molecule has 2 aromatic rings. The summed E-state index contributed by atoms with van der Waals surface area (Å²) < 4.78 is 0. The number of nitrogens with two attached hydrogens (primary N) is 1. The summed E-state index contributed by atoms with van der Waals surface area (Å²) in [6, 6.07) is 11.6. The number of piperidine rings is 1. The summed E-state index contributed by atoms with van der Waals surface area (Å²) in [6.45, 7) is 8.47. The van der Waals surface area contributed by atoms with Crippen molar-refractivity contribution in [3.63, 3.8) is 0 Å². The molecule has 1 amide bonds. The van der Waals surface area contributed by atoms with Crippen LogP contribution in [0.5, 0.6) is 0 Å². The van der Waals surface area contributed by atoms with Crippen LogP contribution in [0.4, 0.5) is 17.1 Å². The number of benzene rings is 2. The lowest BCUT2D eigenvalue weighted by Gasteiger charge is -2.33. The molecule has 0 aliphatic carbocycles. The third kappa shape index (κ3) is 3.95. The van der Waals surface area contributed by atoms with Gasteiger partial charge in [0.25, 0.3) is 5.91 Å². The summed E-state index contributed by atoms with van der Waals surface area (Å²) in [5, 5.41) is 2.98. The van der Waals surface area contributed by atoms with Gasteiger partial charge in [0.1, 0.15) is 0 Å². The Balaban J connectivity index is 1.84. The highest BCUT2D eigenvalue weighted by Gasteiger charge is 2.19. The number of aryl methyl sites for hydroxylation is 2. The predicted molar refractivity (Wildman–Crippen MR) is 105 cm³/mol. The van der Waals surface area contributed by atoms with E-state index in [1.165, 1.54) is 18.5 Å². The molecule has 132 valence electrons. The Hall–Kier alpha value is -2.49. The number of anilines is 3. The third-order valence-corrected chi connectivity index (χ3v) is 5.02. The molecule has 3 rings (SSSR count). The Morgan fingerprint density at radius 2 is 1.88 bits per heavy atom. The number of amides is 1. The predicted octanol–water partition coefficient (Wildman–Crippen LogP) is 4.37. The quantitative estimate of drug-likeness (QED) is 0.818. The minimum absolute atomic E-state index is 0.127. The van der Waals surface area contributed by atoms with Gasteiger partial charge in [0.2, 0.25) is 0 Å². The van der Waals surface area contributed by atoms with Crippen LogP contribution in [0.2, 0.25) is 0 Å². The summed E-state index contributed by atoms with van der Waals surface area (Å²) in [6.07, 6.45) is 2.41. The molecule has 0 saturated carbocycles. The lowest BCUT2D eigenvalue weighted by Crippen LogP contribution is -2.33. The largest absolute Gasteiger partial charge is 0.397 e. The topological polar surface area (TPSA) is 58.4 Å². The van der Waals surface area contributed by atoms with E-state index in [4.69, 9.17) is 5.73 Å². The molecule has 1 aliphatic rings. The minimum atomic E-state index is -0.127. The van der Waals surface area contributed by atoms with Gasteiger partial charge in [0.15, 0.2) is 0 Å². The Labute approximate surface area is 150 Å². The molecule has 2 aromatic carbocycles. The van der Waals surface area contributed by atoms with Crippen LogP contribution in [0.1, 0.15) is 41.3 Å². The molecular weight excluding hydrogens is 310 g/mol. The molecular formula is C21H27N3O. The number of hydrogen-bond donors (Lipinski definition) is 2. The van der Waals surface area contributed by atoms with E-state index in [1.54, 1.807) is 0 Å². The summed E-state index contributed by atoms with van der Waals surface area (Å²) in [5.41, 5.74) is 11.5. The standard InChI is InChI=1S/C21H27N3O/c1-14-7-9-24(10-8-14)20-13-19(18(22)12-16(20)3)23-21(25)17-6-4-5-15(2)11-17/h4-6,11-14H,7-10,22H2,1-3H3,(H,23,25). The maximum absolute atomic E-state index is 12.6. The van der Waals surface area contributed by atoms with E-state index in [1.807, 2.05) is 43.3 Å². The summed E-state index contributed by atoms with van der Waals surface area (Å²) in [5.74, 6) is 0.656. The number of nitrogens with zero attached hydrogens (tertiary/aromatic N) is 1. The molecule has 1 saturated heterocycles. The molecule has 25 heavy (non-hydrogen) atoms. The van der Waals surface area contributed by atoms with Crippen LogP contribution >= 0.6 is 0 Å². The lowest BCUT2D eigenvalue weighted by atomic mass is 9.98. The van der Waals surface area contributed by atoms with Crippen molar-refractivity contribution < 1.29 is 4.79 Å². The van der Waals surface area contributed by atoms with Gasteiger partial charge >= 0.3 is 0 Å². The Morgan fingerprint density at radius 3 is 2.56 bits per heavy atom. The van der Waals surface area contributed by atoms with Gasteiger partial charge in [-0.2, -0.15) is 0 Å². The minimum Gasteiger partial charge on any atom is -0.397 e. The first kappa shape index (κ1) is 17.3. The molecule has 4 heteroatoms. The fraction of sp³-hybridized carbons (Fsp3) is 0.381. The van der Waals surface area contributed by atoms with Crippen LogP contribution in [-0.2, 0) is 0 Å².